The van der Waals surface area contributed by atoms with Crippen LogP contribution in [0.3, 0.4) is 0 Å². The van der Waals surface area contributed by atoms with Crippen LogP contribution >= 0.6 is 0 Å². The zero-order valence-corrected chi connectivity index (χ0v) is 37.6. The lowest BCUT2D eigenvalue weighted by Gasteiger charge is -2.52. The van der Waals surface area contributed by atoms with E-state index in [2.05, 4.69) is 101 Å². The van der Waals surface area contributed by atoms with Crippen LogP contribution in [0, 0.1) is 0 Å². The van der Waals surface area contributed by atoms with Gasteiger partial charge in [0.1, 0.15) is 37.6 Å². The van der Waals surface area contributed by atoms with Gasteiger partial charge in [-0.15, -0.1) is 0 Å². The Hall–Kier alpha value is -4.32. The summed E-state index contributed by atoms with van der Waals surface area (Å²) in [5.74, 6) is 0.680. The maximum absolute atomic E-state index is 7.51. The molecular formula is C52H62O8Si. The largest absolute Gasteiger partial charge is 0.486 e. The van der Waals surface area contributed by atoms with Gasteiger partial charge in [0.15, 0.2) is 19.8 Å². The molecule has 1 unspecified atom stereocenters. The first-order valence-electron chi connectivity index (χ1n) is 21.9. The Bertz CT molecular complexity index is 2170. The van der Waals surface area contributed by atoms with Gasteiger partial charge >= 0.3 is 0 Å². The van der Waals surface area contributed by atoms with E-state index in [0.29, 0.717) is 52.0 Å². The van der Waals surface area contributed by atoms with Gasteiger partial charge in [0.25, 0.3) is 0 Å². The predicted octanol–water partition coefficient (Wildman–Crippen LogP) is 10.9. The van der Waals surface area contributed by atoms with Gasteiger partial charge < -0.3 is 37.6 Å². The third-order valence-corrected chi connectivity index (χ3v) is 17.3. The highest BCUT2D eigenvalue weighted by molar-refractivity contribution is 6.74. The van der Waals surface area contributed by atoms with E-state index in [1.54, 1.807) is 7.11 Å². The van der Waals surface area contributed by atoms with E-state index >= 15 is 0 Å². The minimum Gasteiger partial charge on any atom is -0.486 e. The molecule has 8 rings (SSSR count). The topological polar surface area (TPSA) is 73.8 Å². The summed E-state index contributed by atoms with van der Waals surface area (Å²) in [7, 11) is -0.533. The average molecular weight is 843 g/mol. The summed E-state index contributed by atoms with van der Waals surface area (Å²) in [6.07, 6.45) is 0.481. The Kier molecular flexibility index (Phi) is 13.5. The molecule has 0 bridgehead atoms. The molecular weight excluding hydrogens is 781 g/mol. The van der Waals surface area contributed by atoms with Gasteiger partial charge in [0.2, 0.25) is 5.79 Å². The second kappa shape index (κ2) is 19.0. The Labute approximate surface area is 363 Å². The second-order valence-electron chi connectivity index (χ2n) is 18.2. The van der Waals surface area contributed by atoms with E-state index in [4.69, 9.17) is 37.6 Å². The molecule has 1 saturated carbocycles. The first-order valence-corrected chi connectivity index (χ1v) is 24.8. The third kappa shape index (κ3) is 10.2. The lowest BCUT2D eigenvalue weighted by molar-refractivity contribution is -0.384. The van der Waals surface area contributed by atoms with E-state index in [-0.39, 0.29) is 5.04 Å². The van der Waals surface area contributed by atoms with E-state index in [1.165, 1.54) is 24.0 Å². The maximum atomic E-state index is 7.51. The van der Waals surface area contributed by atoms with Crippen LogP contribution in [0.15, 0.2) is 127 Å². The van der Waals surface area contributed by atoms with Crippen molar-refractivity contribution < 1.29 is 37.6 Å². The number of methoxy groups -OCH3 is 1. The lowest BCUT2D eigenvalue weighted by atomic mass is 9.84. The molecule has 0 N–H and O–H groups in total. The number of hydrogen-bond donors (Lipinski definition) is 0. The second-order valence-corrected chi connectivity index (χ2v) is 23.0. The van der Waals surface area contributed by atoms with Crippen molar-refractivity contribution in [2.75, 3.05) is 26.9 Å². The Morgan fingerprint density at radius 2 is 1.21 bits per heavy atom. The molecule has 9 heteroatoms. The molecule has 2 fully saturated rings. The average Bonchev–Trinajstić information content (AvgIpc) is 4.13. The van der Waals surface area contributed by atoms with Crippen LogP contribution in [0.1, 0.15) is 78.5 Å². The lowest BCUT2D eigenvalue weighted by Crippen LogP contribution is -2.66. The molecule has 0 spiro atoms. The van der Waals surface area contributed by atoms with E-state index in [1.807, 2.05) is 60.7 Å². The summed E-state index contributed by atoms with van der Waals surface area (Å²) < 4.78 is 54.6. The van der Waals surface area contributed by atoms with Crippen LogP contribution in [-0.4, -0.2) is 59.7 Å². The number of benzene rings is 5. The zero-order valence-electron chi connectivity index (χ0n) is 36.6. The van der Waals surface area contributed by atoms with Gasteiger partial charge in [-0.3, -0.25) is 0 Å². The van der Waals surface area contributed by atoms with E-state index in [9.17, 15) is 0 Å². The number of hydrogen-bond acceptors (Lipinski definition) is 8. The first-order chi connectivity index (χ1) is 29.5. The fourth-order valence-corrected chi connectivity index (χ4v) is 9.19. The standard InChI is InChI=1S/C52H62O8Si/c1-51(2,3)61(5,6)59-36-47-48(56-33-37-16-10-7-11-17-37)49(57-34-38-18-12-8-13-19-38)50(58-35-39-20-14-9-15-21-39)52(53-4,60-47)43-25-26-44(41-23-24-41)42(32-43)30-40-22-27-45-46(31-40)55-29-28-54-45/h7-22,25-27,31-32,41,47-50H,23-24,28-30,33-36H2,1-6H3/t47-,48-,49+,50-,52?/m1/s1. The molecule has 0 aromatic heterocycles. The zero-order chi connectivity index (χ0) is 42.5. The van der Waals surface area contributed by atoms with Crippen molar-refractivity contribution in [3.05, 3.63) is 166 Å². The highest BCUT2D eigenvalue weighted by Gasteiger charge is 2.59. The third-order valence-electron chi connectivity index (χ3n) is 12.8. The molecule has 2 aliphatic heterocycles. The summed E-state index contributed by atoms with van der Waals surface area (Å²) in [5, 5.41) is -0.0215. The highest BCUT2D eigenvalue weighted by atomic mass is 28.4. The number of rotatable bonds is 17. The molecule has 3 aliphatic rings. The molecule has 5 aromatic rings. The van der Waals surface area contributed by atoms with Gasteiger partial charge in [-0.2, -0.15) is 0 Å². The first kappa shape index (κ1) is 43.3. The Balaban J connectivity index is 1.24. The smallest absolute Gasteiger partial charge is 0.225 e. The van der Waals surface area contributed by atoms with Gasteiger partial charge in [-0.25, -0.2) is 0 Å². The van der Waals surface area contributed by atoms with Crippen LogP contribution in [-0.2, 0) is 60.1 Å². The molecule has 0 amide bonds. The van der Waals surface area contributed by atoms with Crippen molar-refractivity contribution in [2.45, 2.75) is 114 Å². The van der Waals surface area contributed by atoms with Crippen LogP contribution in [0.5, 0.6) is 11.5 Å². The van der Waals surface area contributed by atoms with Crippen molar-refractivity contribution in [2.24, 2.45) is 0 Å². The van der Waals surface area contributed by atoms with Crippen LogP contribution in [0.25, 0.3) is 0 Å². The summed E-state index contributed by atoms with van der Waals surface area (Å²) in [4.78, 5) is 0. The fourth-order valence-electron chi connectivity index (χ4n) is 8.18. The van der Waals surface area contributed by atoms with E-state index in [0.717, 1.165) is 39.3 Å². The summed E-state index contributed by atoms with van der Waals surface area (Å²) in [6, 6.07) is 43.8. The summed E-state index contributed by atoms with van der Waals surface area (Å²) >= 11 is 0. The van der Waals surface area contributed by atoms with Crippen LogP contribution in [0.4, 0.5) is 0 Å². The normalized spacial score (nSPS) is 22.9. The molecule has 8 nitrogen and oxygen atoms in total. The minimum atomic E-state index is -2.25. The predicted molar refractivity (Wildman–Crippen MR) is 240 cm³/mol. The molecule has 1 saturated heterocycles. The number of fused-ring (bicyclic) bond motifs is 1. The number of ether oxygens (including phenoxy) is 7. The van der Waals surface area contributed by atoms with Gasteiger partial charge in [0.05, 0.1) is 26.4 Å². The van der Waals surface area contributed by atoms with Gasteiger partial charge in [-0.05, 0) is 94.9 Å². The van der Waals surface area contributed by atoms with Gasteiger partial charge in [-0.1, -0.05) is 130 Å². The van der Waals surface area contributed by atoms with Crippen molar-refractivity contribution in [3.63, 3.8) is 0 Å². The molecule has 2 heterocycles. The van der Waals surface area contributed by atoms with Crippen LogP contribution < -0.4 is 9.47 Å². The summed E-state index contributed by atoms with van der Waals surface area (Å²) in [6.45, 7) is 13.7. The molecule has 61 heavy (non-hydrogen) atoms. The molecule has 5 aromatic carbocycles. The fraction of sp³-hybridized carbons (Fsp3) is 0.423. The maximum Gasteiger partial charge on any atom is 0.225 e. The van der Waals surface area contributed by atoms with E-state index < -0.39 is 38.5 Å². The molecule has 322 valence electrons. The summed E-state index contributed by atoms with van der Waals surface area (Å²) in [5.41, 5.74) is 7.71. The molecule has 0 radical (unpaired) electrons. The Morgan fingerprint density at radius 1 is 0.639 bits per heavy atom. The quantitative estimate of drug-likeness (QED) is 0.0857. The minimum absolute atomic E-state index is 0.0215. The van der Waals surface area contributed by atoms with Crippen LogP contribution in [0.2, 0.25) is 18.1 Å². The SMILES string of the molecule is COC1(c2ccc(C3CC3)c(Cc3ccc4c(c3)OCCO4)c2)O[C@H](CO[Si](C)(C)C(C)(C)C)[C@@H](OCc2ccccc2)[C@H](OCc2ccccc2)[C@H]1OCc1ccccc1. The molecule has 1 aliphatic carbocycles. The van der Waals surface area contributed by atoms with Crippen molar-refractivity contribution in [3.8, 4) is 11.5 Å². The van der Waals surface area contributed by atoms with Crippen molar-refractivity contribution in [1.29, 1.82) is 0 Å². The highest BCUT2D eigenvalue weighted by Crippen LogP contribution is 2.48. The van der Waals surface area contributed by atoms with Crippen molar-refractivity contribution >= 4 is 8.32 Å². The monoisotopic (exact) mass is 842 g/mol. The van der Waals surface area contributed by atoms with Gasteiger partial charge in [0, 0.05) is 12.7 Å². The Morgan fingerprint density at radius 3 is 1.79 bits per heavy atom. The molecule has 5 atom stereocenters. The van der Waals surface area contributed by atoms with Crippen molar-refractivity contribution in [1.82, 2.24) is 0 Å².